The molecule has 8 heteroatoms. The quantitative estimate of drug-likeness (QED) is 0.310. The van der Waals surface area contributed by atoms with Gasteiger partial charge in [0.25, 0.3) is 5.91 Å². The SMILES string of the molecule is CCCCCCCNC(=O)c1c(N)n(/N=C\c2ccco2)c2nc3ccccc3nc12. The molecule has 3 heterocycles. The number of nitrogens with two attached hydrogens (primary N) is 1. The van der Waals surface area contributed by atoms with Crippen molar-refractivity contribution in [1.82, 2.24) is 20.0 Å². The van der Waals surface area contributed by atoms with E-state index in [1.165, 1.54) is 30.2 Å². The number of rotatable bonds is 9. The van der Waals surface area contributed by atoms with Crippen LogP contribution in [0.15, 0.2) is 52.2 Å². The fourth-order valence-electron chi connectivity index (χ4n) is 3.49. The van der Waals surface area contributed by atoms with Crippen LogP contribution in [0, 0.1) is 0 Å². The first-order valence-electron chi connectivity index (χ1n) is 10.6. The average Bonchev–Trinajstić information content (AvgIpc) is 3.38. The molecular weight excluding hydrogens is 392 g/mol. The summed E-state index contributed by atoms with van der Waals surface area (Å²) in [7, 11) is 0. The molecule has 0 atom stereocenters. The van der Waals surface area contributed by atoms with Crippen LogP contribution in [0.25, 0.3) is 22.2 Å². The molecule has 4 aromatic rings. The first-order valence-corrected chi connectivity index (χ1v) is 10.6. The van der Waals surface area contributed by atoms with Crippen molar-refractivity contribution in [2.75, 3.05) is 12.3 Å². The minimum Gasteiger partial charge on any atom is -0.463 e. The zero-order valence-electron chi connectivity index (χ0n) is 17.5. The summed E-state index contributed by atoms with van der Waals surface area (Å²) in [5.41, 5.74) is 8.90. The van der Waals surface area contributed by atoms with E-state index < -0.39 is 0 Å². The smallest absolute Gasteiger partial charge is 0.257 e. The Morgan fingerprint density at radius 3 is 2.65 bits per heavy atom. The monoisotopic (exact) mass is 418 g/mol. The molecule has 1 aromatic carbocycles. The number of amides is 1. The number of para-hydroxylation sites is 2. The fraction of sp³-hybridized carbons (Fsp3) is 0.304. The summed E-state index contributed by atoms with van der Waals surface area (Å²) >= 11 is 0. The molecule has 0 spiro atoms. The molecule has 0 unspecified atom stereocenters. The molecule has 160 valence electrons. The highest BCUT2D eigenvalue weighted by Gasteiger charge is 2.23. The maximum absolute atomic E-state index is 13.0. The Morgan fingerprint density at radius 1 is 1.13 bits per heavy atom. The largest absolute Gasteiger partial charge is 0.463 e. The summed E-state index contributed by atoms with van der Waals surface area (Å²) < 4.78 is 6.74. The van der Waals surface area contributed by atoms with E-state index in [-0.39, 0.29) is 11.7 Å². The van der Waals surface area contributed by atoms with Crippen LogP contribution < -0.4 is 11.1 Å². The van der Waals surface area contributed by atoms with E-state index in [1.807, 2.05) is 24.3 Å². The molecule has 0 aliphatic heterocycles. The average molecular weight is 419 g/mol. The highest BCUT2D eigenvalue weighted by atomic mass is 16.3. The number of aromatic nitrogens is 3. The molecule has 0 bridgehead atoms. The summed E-state index contributed by atoms with van der Waals surface area (Å²) in [4.78, 5) is 22.3. The summed E-state index contributed by atoms with van der Waals surface area (Å²) in [5, 5.41) is 7.38. The van der Waals surface area contributed by atoms with Crippen molar-refractivity contribution < 1.29 is 9.21 Å². The standard InChI is InChI=1S/C23H26N6O2/c1-2-3-4-5-8-13-25-23(30)19-20-22(28-18-12-7-6-11-17(18)27-20)29(21(19)24)26-15-16-10-9-14-31-16/h6-7,9-12,14-15H,2-5,8,13,24H2,1H3,(H,25,30)/b26-15-. The van der Waals surface area contributed by atoms with Crippen LogP contribution in [0.1, 0.15) is 55.1 Å². The topological polar surface area (TPSA) is 111 Å². The number of nitrogen functional groups attached to an aromatic ring is 1. The maximum Gasteiger partial charge on any atom is 0.257 e. The van der Waals surface area contributed by atoms with Gasteiger partial charge < -0.3 is 15.5 Å². The Morgan fingerprint density at radius 2 is 1.90 bits per heavy atom. The number of anilines is 1. The highest BCUT2D eigenvalue weighted by molar-refractivity contribution is 6.10. The Bertz CT molecular complexity index is 1210. The van der Waals surface area contributed by atoms with Gasteiger partial charge >= 0.3 is 0 Å². The van der Waals surface area contributed by atoms with Gasteiger partial charge in [0.2, 0.25) is 0 Å². The van der Waals surface area contributed by atoms with Crippen molar-refractivity contribution in [2.24, 2.45) is 5.10 Å². The van der Waals surface area contributed by atoms with Crippen molar-refractivity contribution >= 4 is 40.1 Å². The third kappa shape index (κ3) is 4.42. The van der Waals surface area contributed by atoms with Crippen LogP contribution in [0.3, 0.4) is 0 Å². The van der Waals surface area contributed by atoms with E-state index in [0.717, 1.165) is 12.8 Å². The normalized spacial score (nSPS) is 11.6. The molecular formula is C23H26N6O2. The fourth-order valence-corrected chi connectivity index (χ4v) is 3.49. The number of unbranched alkanes of at least 4 members (excludes halogenated alkanes) is 4. The van der Waals surface area contributed by atoms with Crippen molar-refractivity contribution in [3.05, 3.63) is 54.0 Å². The second-order valence-corrected chi connectivity index (χ2v) is 7.39. The Hall–Kier alpha value is -3.68. The van der Waals surface area contributed by atoms with Gasteiger partial charge in [0.15, 0.2) is 5.65 Å². The first kappa shape index (κ1) is 20.6. The van der Waals surface area contributed by atoms with Gasteiger partial charge in [-0.1, -0.05) is 44.7 Å². The number of nitrogens with one attached hydrogen (secondary N) is 1. The van der Waals surface area contributed by atoms with Crippen LogP contribution >= 0.6 is 0 Å². The van der Waals surface area contributed by atoms with Crippen molar-refractivity contribution in [3.8, 4) is 0 Å². The molecule has 1 amide bonds. The molecule has 0 saturated carbocycles. The molecule has 4 rings (SSSR count). The Balaban J connectivity index is 1.69. The second kappa shape index (κ2) is 9.42. The number of carbonyl (C=O) groups excluding carboxylic acids is 1. The van der Waals surface area contributed by atoms with E-state index in [1.54, 1.807) is 18.4 Å². The predicted octanol–water partition coefficient (Wildman–Crippen LogP) is 4.34. The molecule has 0 aliphatic rings. The first-order chi connectivity index (χ1) is 15.2. The van der Waals surface area contributed by atoms with Gasteiger partial charge in [-0.05, 0) is 30.7 Å². The minimum absolute atomic E-state index is 0.191. The van der Waals surface area contributed by atoms with Crippen LogP contribution in [-0.2, 0) is 0 Å². The van der Waals surface area contributed by atoms with Gasteiger partial charge in [0.05, 0.1) is 23.5 Å². The summed E-state index contributed by atoms with van der Waals surface area (Å²) in [6.07, 6.45) is 8.68. The zero-order chi connectivity index (χ0) is 21.6. The summed E-state index contributed by atoms with van der Waals surface area (Å²) in [6, 6.07) is 11.0. The maximum atomic E-state index is 13.0. The molecule has 0 radical (unpaired) electrons. The van der Waals surface area contributed by atoms with Crippen LogP contribution in [0.5, 0.6) is 0 Å². The Labute approximate surface area is 180 Å². The minimum atomic E-state index is -0.269. The van der Waals surface area contributed by atoms with Gasteiger partial charge in [-0.3, -0.25) is 4.79 Å². The number of benzene rings is 1. The lowest BCUT2D eigenvalue weighted by molar-refractivity contribution is 0.0955. The van der Waals surface area contributed by atoms with E-state index in [4.69, 9.17) is 10.2 Å². The molecule has 8 nitrogen and oxygen atoms in total. The van der Waals surface area contributed by atoms with E-state index in [9.17, 15) is 4.79 Å². The Kier molecular flexibility index (Phi) is 6.26. The third-order valence-electron chi connectivity index (χ3n) is 5.11. The van der Waals surface area contributed by atoms with Crippen LogP contribution in [0.2, 0.25) is 0 Å². The lowest BCUT2D eigenvalue weighted by Gasteiger charge is -2.05. The summed E-state index contributed by atoms with van der Waals surface area (Å²) in [6.45, 7) is 2.77. The number of hydrogen-bond acceptors (Lipinski definition) is 6. The van der Waals surface area contributed by atoms with Gasteiger partial charge in [-0.25, -0.2) is 9.97 Å². The van der Waals surface area contributed by atoms with Gasteiger partial charge in [0.1, 0.15) is 22.7 Å². The van der Waals surface area contributed by atoms with E-state index in [0.29, 0.717) is 40.1 Å². The van der Waals surface area contributed by atoms with E-state index >= 15 is 0 Å². The lowest BCUT2D eigenvalue weighted by Crippen LogP contribution is -2.25. The van der Waals surface area contributed by atoms with Crippen molar-refractivity contribution in [3.63, 3.8) is 0 Å². The second-order valence-electron chi connectivity index (χ2n) is 7.39. The number of fused-ring (bicyclic) bond motifs is 2. The highest BCUT2D eigenvalue weighted by Crippen LogP contribution is 2.27. The molecule has 31 heavy (non-hydrogen) atoms. The molecule has 0 aliphatic carbocycles. The summed E-state index contributed by atoms with van der Waals surface area (Å²) in [5.74, 6) is 0.485. The number of hydrogen-bond donors (Lipinski definition) is 2. The number of carbonyl (C=O) groups is 1. The predicted molar refractivity (Wildman–Crippen MR) is 122 cm³/mol. The molecule has 0 fully saturated rings. The van der Waals surface area contributed by atoms with E-state index in [2.05, 4.69) is 27.3 Å². The number of nitrogens with zero attached hydrogens (tertiary/aromatic N) is 4. The van der Waals surface area contributed by atoms with Crippen molar-refractivity contribution in [1.29, 1.82) is 0 Å². The zero-order valence-corrected chi connectivity index (χ0v) is 17.5. The van der Waals surface area contributed by atoms with Crippen LogP contribution in [-0.4, -0.2) is 33.3 Å². The van der Waals surface area contributed by atoms with Crippen molar-refractivity contribution in [2.45, 2.75) is 39.0 Å². The molecule has 3 aromatic heterocycles. The number of furan rings is 1. The van der Waals surface area contributed by atoms with Gasteiger partial charge in [-0.15, -0.1) is 0 Å². The van der Waals surface area contributed by atoms with Gasteiger partial charge in [0, 0.05) is 6.54 Å². The molecule has 3 N–H and O–H groups in total. The van der Waals surface area contributed by atoms with Gasteiger partial charge in [-0.2, -0.15) is 9.78 Å². The van der Waals surface area contributed by atoms with Crippen LogP contribution in [0.4, 0.5) is 5.82 Å². The molecule has 0 saturated heterocycles. The third-order valence-corrected chi connectivity index (χ3v) is 5.11. The lowest BCUT2D eigenvalue weighted by atomic mass is 10.1.